The number of ether oxygens (including phenoxy) is 2. The van der Waals surface area contributed by atoms with Crippen molar-refractivity contribution in [3.05, 3.63) is 0 Å². The second-order valence-corrected chi connectivity index (χ2v) is 17.1. The minimum atomic E-state index is -4.61. The highest BCUT2D eigenvalue weighted by Gasteiger charge is 2.70. The van der Waals surface area contributed by atoms with Gasteiger partial charge in [-0.1, -0.05) is 34.6 Å². The summed E-state index contributed by atoms with van der Waals surface area (Å²) in [6.07, 6.45) is -2.73. The van der Waals surface area contributed by atoms with Crippen LogP contribution >= 0.6 is 0 Å². The molecule has 0 spiro atoms. The molecule has 1 saturated heterocycles. The molecule has 0 radical (unpaired) electrons. The SMILES string of the molecule is CC(C)C(CC[C@@H](C)[C@H]1CC(O)[C@@H]2[C@]1(C)CC[C@H]1[C@@]2(O)CC(O)C2CC(OS(=O)(=O)O)CC[C@@]21C)O[C@H]1OC[C@@H](O)[C@H](O)[C@H]1O. The van der Waals surface area contributed by atoms with Crippen LogP contribution in [-0.4, -0.2) is 105 Å². The first-order chi connectivity index (χ1) is 20.8. The maximum atomic E-state index is 12.6. The zero-order chi connectivity index (χ0) is 33.3. The van der Waals surface area contributed by atoms with Gasteiger partial charge in [-0.3, -0.25) is 4.55 Å². The number of hydrogen-bond donors (Lipinski definition) is 7. The van der Waals surface area contributed by atoms with Crippen molar-refractivity contribution in [2.45, 2.75) is 147 Å². The average molecular weight is 665 g/mol. The molecule has 1 heterocycles. The quantitative estimate of drug-likeness (QED) is 0.176. The van der Waals surface area contributed by atoms with Gasteiger partial charge in [-0.05, 0) is 91.8 Å². The molecule has 0 aromatic heterocycles. The van der Waals surface area contributed by atoms with Crippen LogP contribution in [0.5, 0.6) is 0 Å². The number of rotatable bonds is 9. The van der Waals surface area contributed by atoms with Crippen LogP contribution in [0.1, 0.15) is 92.4 Å². The Morgan fingerprint density at radius 2 is 1.56 bits per heavy atom. The van der Waals surface area contributed by atoms with Crippen LogP contribution in [0, 0.1) is 46.3 Å². The standard InChI is InChI=1S/C32H56O12S/c1-16(2)24(43-29-27(37)26(36)23(35)15-42-29)7-6-17(3)19-13-21(33)28-31(19,5)11-9-25-30(4)10-8-18(44-45(39,40)41)12-20(30)22(34)14-32(25,28)38/h16-29,33-38H,6-15H2,1-5H3,(H,39,40,41)/t17-,18?,19-,20?,21?,22?,23-,24?,25-,26+,27-,28-,29-,30+,31-,32+/m1/s1. The van der Waals surface area contributed by atoms with Gasteiger partial charge in [-0.25, -0.2) is 4.18 Å². The van der Waals surface area contributed by atoms with E-state index in [1.54, 1.807) is 0 Å². The fraction of sp³-hybridized carbons (Fsp3) is 1.00. The lowest BCUT2D eigenvalue weighted by atomic mass is 9.42. The van der Waals surface area contributed by atoms with Crippen LogP contribution < -0.4 is 0 Å². The first-order valence-corrected chi connectivity index (χ1v) is 18.2. The van der Waals surface area contributed by atoms with E-state index in [1.165, 1.54) is 0 Å². The summed E-state index contributed by atoms with van der Waals surface area (Å²) in [6, 6.07) is 0. The number of hydrogen-bond acceptors (Lipinski definition) is 11. The molecular formula is C32H56O12S. The molecule has 16 atom stereocenters. The van der Waals surface area contributed by atoms with Gasteiger partial charge in [0.25, 0.3) is 0 Å². The summed E-state index contributed by atoms with van der Waals surface area (Å²) in [7, 11) is -4.61. The molecule has 45 heavy (non-hydrogen) atoms. The summed E-state index contributed by atoms with van der Waals surface area (Å²) >= 11 is 0. The molecule has 12 nitrogen and oxygen atoms in total. The van der Waals surface area contributed by atoms with Gasteiger partial charge in [0.15, 0.2) is 6.29 Å². The summed E-state index contributed by atoms with van der Waals surface area (Å²) in [5.74, 6) is -0.516. The van der Waals surface area contributed by atoms with Crippen LogP contribution in [0.2, 0.25) is 0 Å². The van der Waals surface area contributed by atoms with Gasteiger partial charge in [0, 0.05) is 12.3 Å². The molecular weight excluding hydrogens is 608 g/mol. The van der Waals surface area contributed by atoms with Crippen molar-refractivity contribution in [2.75, 3.05) is 6.61 Å². The third-order valence-electron chi connectivity index (χ3n) is 13.1. The Bertz CT molecular complexity index is 1150. The van der Waals surface area contributed by atoms with E-state index in [2.05, 4.69) is 20.8 Å². The van der Waals surface area contributed by atoms with Gasteiger partial charge in [-0.2, -0.15) is 8.42 Å². The van der Waals surface area contributed by atoms with Gasteiger partial charge >= 0.3 is 10.4 Å². The van der Waals surface area contributed by atoms with E-state index in [0.717, 1.165) is 19.3 Å². The number of aliphatic hydroxyl groups excluding tert-OH is 5. The van der Waals surface area contributed by atoms with Crippen LogP contribution in [0.3, 0.4) is 0 Å². The van der Waals surface area contributed by atoms with E-state index in [4.69, 9.17) is 13.7 Å². The lowest BCUT2D eigenvalue weighted by molar-refractivity contribution is -0.287. The molecule has 262 valence electrons. The molecule has 0 aromatic carbocycles. The van der Waals surface area contributed by atoms with Crippen molar-refractivity contribution in [3.8, 4) is 0 Å². The molecule has 4 aliphatic carbocycles. The molecule has 0 amide bonds. The average Bonchev–Trinajstić information content (AvgIpc) is 3.21. The predicted octanol–water partition coefficient (Wildman–Crippen LogP) is 1.79. The minimum Gasteiger partial charge on any atom is -0.393 e. The minimum absolute atomic E-state index is 0.0982. The van der Waals surface area contributed by atoms with Gasteiger partial charge in [-0.15, -0.1) is 0 Å². The second-order valence-electron chi connectivity index (χ2n) is 16.0. The fourth-order valence-electron chi connectivity index (χ4n) is 10.9. The zero-order valence-corrected chi connectivity index (χ0v) is 28.1. The second kappa shape index (κ2) is 12.8. The molecule has 13 heteroatoms. The third-order valence-corrected chi connectivity index (χ3v) is 13.6. The van der Waals surface area contributed by atoms with Crippen molar-refractivity contribution in [3.63, 3.8) is 0 Å². The van der Waals surface area contributed by atoms with Crippen LogP contribution in [0.25, 0.3) is 0 Å². The van der Waals surface area contributed by atoms with Gasteiger partial charge < -0.3 is 40.1 Å². The van der Waals surface area contributed by atoms with Crippen molar-refractivity contribution in [1.82, 2.24) is 0 Å². The fourth-order valence-corrected chi connectivity index (χ4v) is 11.4. The highest BCUT2D eigenvalue weighted by molar-refractivity contribution is 7.80. The van der Waals surface area contributed by atoms with Crippen LogP contribution in [0.4, 0.5) is 0 Å². The van der Waals surface area contributed by atoms with E-state index in [0.29, 0.717) is 25.7 Å². The van der Waals surface area contributed by atoms with E-state index in [1.807, 2.05) is 13.8 Å². The van der Waals surface area contributed by atoms with Crippen molar-refractivity contribution in [2.24, 2.45) is 46.3 Å². The van der Waals surface area contributed by atoms with E-state index in [-0.39, 0.29) is 60.6 Å². The van der Waals surface area contributed by atoms with Gasteiger partial charge in [0.1, 0.15) is 18.3 Å². The van der Waals surface area contributed by atoms with Crippen LogP contribution in [0.15, 0.2) is 0 Å². The Balaban J connectivity index is 1.29. The first kappa shape index (κ1) is 35.8. The Hall–Kier alpha value is -0.450. The van der Waals surface area contributed by atoms with Crippen molar-refractivity contribution < 1.29 is 57.3 Å². The molecule has 5 aliphatic rings. The maximum Gasteiger partial charge on any atom is 0.397 e. The van der Waals surface area contributed by atoms with Gasteiger partial charge in [0.2, 0.25) is 0 Å². The highest BCUT2D eigenvalue weighted by atomic mass is 32.3. The Labute approximate surface area is 267 Å². The molecule has 0 bridgehead atoms. The predicted molar refractivity (Wildman–Crippen MR) is 162 cm³/mol. The summed E-state index contributed by atoms with van der Waals surface area (Å²) in [5.41, 5.74) is -2.13. The molecule has 5 unspecified atom stereocenters. The van der Waals surface area contributed by atoms with E-state index in [9.17, 15) is 43.6 Å². The normalized spacial score (nSPS) is 50.0. The van der Waals surface area contributed by atoms with Gasteiger partial charge in [0.05, 0.1) is 36.6 Å². The van der Waals surface area contributed by atoms with E-state index >= 15 is 0 Å². The largest absolute Gasteiger partial charge is 0.397 e. The summed E-state index contributed by atoms with van der Waals surface area (Å²) < 4.78 is 48.5. The molecule has 5 rings (SSSR count). The zero-order valence-electron chi connectivity index (χ0n) is 27.2. The first-order valence-electron chi connectivity index (χ1n) is 16.9. The summed E-state index contributed by atoms with van der Waals surface area (Å²) in [5, 5.41) is 66.0. The lowest BCUT2D eigenvalue weighted by Crippen LogP contribution is -2.68. The highest BCUT2D eigenvalue weighted by Crippen LogP contribution is 2.70. The monoisotopic (exact) mass is 664 g/mol. The topological polar surface area (TPSA) is 203 Å². The smallest absolute Gasteiger partial charge is 0.393 e. The molecule has 5 fully saturated rings. The Morgan fingerprint density at radius 3 is 2.20 bits per heavy atom. The number of fused-ring (bicyclic) bond motifs is 5. The Morgan fingerprint density at radius 1 is 0.889 bits per heavy atom. The van der Waals surface area contributed by atoms with E-state index < -0.39 is 70.2 Å². The summed E-state index contributed by atoms with van der Waals surface area (Å²) in [6.45, 7) is 10.3. The van der Waals surface area contributed by atoms with Crippen molar-refractivity contribution in [1.29, 1.82) is 0 Å². The molecule has 0 aromatic rings. The third kappa shape index (κ3) is 6.50. The van der Waals surface area contributed by atoms with Crippen LogP contribution in [-0.2, 0) is 24.1 Å². The lowest BCUT2D eigenvalue weighted by Gasteiger charge is -2.66. The maximum absolute atomic E-state index is 12.6. The molecule has 1 aliphatic heterocycles. The molecule has 7 N–H and O–H groups in total. The Kier molecular flexibility index (Phi) is 10.2. The summed E-state index contributed by atoms with van der Waals surface area (Å²) in [4.78, 5) is 0. The number of aliphatic hydroxyl groups is 6. The van der Waals surface area contributed by atoms with Crippen molar-refractivity contribution >= 4 is 10.4 Å². The molecule has 4 saturated carbocycles.